The Morgan fingerprint density at radius 2 is 1.31 bits per heavy atom. The van der Waals surface area contributed by atoms with Crippen LogP contribution in [0, 0.1) is 3.82 Å². The van der Waals surface area contributed by atoms with Gasteiger partial charge in [0.05, 0.1) is 0 Å². The summed E-state index contributed by atoms with van der Waals surface area (Å²) < 4.78 is 2.32. The monoisotopic (exact) mass is 232 g/mol. The van der Waals surface area contributed by atoms with Crippen LogP contribution in [0.15, 0.2) is 24.3 Å². The third-order valence-electron chi connectivity index (χ3n) is 1.31. The molecule has 62 valence electrons. The molecule has 0 aliphatic heterocycles. The van der Waals surface area contributed by atoms with Crippen molar-refractivity contribution in [3.05, 3.63) is 28.1 Å². The molecular weight excluding hydrogens is 222 g/mol. The maximum atomic E-state index is 5.12. The Morgan fingerprint density at radius 3 is 1.81 bits per heavy atom. The Morgan fingerprint density at radius 1 is 0.812 bits per heavy atom. The van der Waals surface area contributed by atoms with Gasteiger partial charge in [-0.15, -0.1) is 0 Å². The molecule has 1 heterocycles. The molecule has 1 aromatic carbocycles. The van der Waals surface area contributed by atoms with Gasteiger partial charge in [0, 0.05) is 10.1 Å². The summed E-state index contributed by atoms with van der Waals surface area (Å²) in [4.78, 5) is 0. The Kier molecular flexibility index (Phi) is 32.4. The van der Waals surface area contributed by atoms with Crippen molar-refractivity contribution in [3.8, 4) is 0 Å². The zero-order valence-corrected chi connectivity index (χ0v) is 13.5. The molecule has 0 fully saturated rings. The molecular formula is C7H10Li6S3. The SMILES string of the molecule is S=c1ssc2ccccc12.[H-].[H-].[H-].[H-].[H-].[H-].[Li+].[Li+].[Li+].[Li+].[Li+].[Li+]. The summed E-state index contributed by atoms with van der Waals surface area (Å²) in [6.07, 6.45) is 0. The van der Waals surface area contributed by atoms with Gasteiger partial charge < -0.3 is 8.56 Å². The molecule has 1 aromatic heterocycles. The molecule has 16 heavy (non-hydrogen) atoms. The Balaban J connectivity index is -0.0000000112. The molecule has 2 rings (SSSR count). The van der Waals surface area contributed by atoms with Crippen molar-refractivity contribution in [2.45, 2.75) is 0 Å². The molecule has 0 atom stereocenters. The maximum absolute atomic E-state index is 5.12. The molecule has 0 aliphatic rings. The summed E-state index contributed by atoms with van der Waals surface area (Å²) >= 11 is 5.12. The van der Waals surface area contributed by atoms with Gasteiger partial charge >= 0.3 is 113 Å². The molecule has 0 aliphatic carbocycles. The predicted molar refractivity (Wildman–Crippen MR) is 57.2 cm³/mol. The first kappa shape index (κ1) is 31.6. The second kappa shape index (κ2) is 16.4. The van der Waals surface area contributed by atoms with Crippen LogP contribution in [0.4, 0.5) is 0 Å². The zero-order valence-electron chi connectivity index (χ0n) is 17.0. The van der Waals surface area contributed by atoms with Gasteiger partial charge in [0.25, 0.3) is 0 Å². The molecule has 0 nitrogen and oxygen atoms in total. The fourth-order valence-corrected chi connectivity index (χ4v) is 3.48. The van der Waals surface area contributed by atoms with E-state index in [-0.39, 0.29) is 122 Å². The summed E-state index contributed by atoms with van der Waals surface area (Å²) in [7, 11) is 3.43. The molecule has 0 unspecified atom stereocenters. The third kappa shape index (κ3) is 8.49. The molecule has 0 bridgehead atoms. The van der Waals surface area contributed by atoms with Crippen molar-refractivity contribution in [2.75, 3.05) is 0 Å². The first-order valence-corrected chi connectivity index (χ1v) is 5.41. The van der Waals surface area contributed by atoms with Gasteiger partial charge in [0.2, 0.25) is 0 Å². The minimum Gasteiger partial charge on any atom is -1.00 e. The van der Waals surface area contributed by atoms with Crippen LogP contribution in [0.25, 0.3) is 10.1 Å². The summed E-state index contributed by atoms with van der Waals surface area (Å²) in [5, 5.41) is 1.23. The topological polar surface area (TPSA) is 0 Å². The van der Waals surface area contributed by atoms with Crippen LogP contribution in [0.2, 0.25) is 0 Å². The predicted octanol–water partition coefficient (Wildman–Crippen LogP) is -13.6. The minimum atomic E-state index is 0. The van der Waals surface area contributed by atoms with Crippen molar-refractivity contribution in [1.29, 1.82) is 0 Å². The number of rotatable bonds is 0. The van der Waals surface area contributed by atoms with Gasteiger partial charge in [0.15, 0.2) is 0 Å². The van der Waals surface area contributed by atoms with Gasteiger partial charge in [-0.05, 0) is 6.07 Å². The molecule has 0 radical (unpaired) electrons. The largest absolute Gasteiger partial charge is 1.00 e. The van der Waals surface area contributed by atoms with E-state index in [9.17, 15) is 0 Å². The van der Waals surface area contributed by atoms with Gasteiger partial charge in [0.1, 0.15) is 3.82 Å². The summed E-state index contributed by atoms with van der Waals surface area (Å²) in [6.45, 7) is 0. The number of fused-ring (bicyclic) bond motifs is 1. The van der Waals surface area contributed by atoms with E-state index in [2.05, 4.69) is 12.1 Å². The van der Waals surface area contributed by atoms with Crippen LogP contribution < -0.4 is 113 Å². The van der Waals surface area contributed by atoms with Gasteiger partial charge in [-0.1, -0.05) is 51.1 Å². The Labute approximate surface area is 190 Å². The van der Waals surface area contributed by atoms with E-state index in [4.69, 9.17) is 12.2 Å². The number of hydrogen-bond donors (Lipinski definition) is 0. The standard InChI is InChI=1S/C7H4S3.6Li.6H/c8-7-5-3-1-2-4-6(5)9-10-7;;;;;;;;;;;;/h1-4H;;;;;;;;;;;;/q;6*+1;6*-1. The van der Waals surface area contributed by atoms with Gasteiger partial charge in [-0.2, -0.15) is 0 Å². The summed E-state index contributed by atoms with van der Waals surface area (Å²) in [6, 6.07) is 8.24. The van der Waals surface area contributed by atoms with Crippen molar-refractivity contribution < 1.29 is 122 Å². The van der Waals surface area contributed by atoms with Crippen molar-refractivity contribution in [2.24, 2.45) is 0 Å². The minimum absolute atomic E-state index is 0. The molecule has 0 spiro atoms. The van der Waals surface area contributed by atoms with Crippen LogP contribution >= 0.6 is 32.9 Å². The number of benzene rings is 1. The van der Waals surface area contributed by atoms with Crippen LogP contribution in [-0.2, 0) is 0 Å². The second-order valence-electron chi connectivity index (χ2n) is 1.95. The third-order valence-corrected chi connectivity index (χ3v) is 4.38. The maximum Gasteiger partial charge on any atom is 1.00 e. The Hall–Kier alpha value is 3.33. The van der Waals surface area contributed by atoms with Crippen molar-refractivity contribution in [3.63, 3.8) is 0 Å². The van der Waals surface area contributed by atoms with E-state index in [1.165, 1.54) is 10.1 Å². The van der Waals surface area contributed by atoms with E-state index >= 15 is 0 Å². The van der Waals surface area contributed by atoms with Crippen molar-refractivity contribution >= 4 is 43.0 Å². The van der Waals surface area contributed by atoms with E-state index in [0.29, 0.717) is 0 Å². The van der Waals surface area contributed by atoms with Crippen LogP contribution in [0.1, 0.15) is 8.56 Å². The zero-order chi connectivity index (χ0) is 6.97. The molecule has 0 N–H and O–H groups in total. The summed E-state index contributed by atoms with van der Waals surface area (Å²) in [5.41, 5.74) is 0. The fourth-order valence-electron chi connectivity index (χ4n) is 0.836. The molecule has 2 aromatic rings. The first-order valence-electron chi connectivity index (χ1n) is 2.86. The second-order valence-corrected chi connectivity index (χ2v) is 4.80. The normalized spacial score (nSPS) is 6.50. The van der Waals surface area contributed by atoms with Crippen LogP contribution in [0.3, 0.4) is 0 Å². The van der Waals surface area contributed by atoms with Gasteiger partial charge in [-0.3, -0.25) is 0 Å². The van der Waals surface area contributed by atoms with E-state index < -0.39 is 0 Å². The quantitative estimate of drug-likeness (QED) is 0.247. The fraction of sp³-hybridized carbons (Fsp3) is 0. The molecule has 0 amide bonds. The van der Waals surface area contributed by atoms with Crippen LogP contribution in [-0.4, -0.2) is 0 Å². The van der Waals surface area contributed by atoms with Crippen molar-refractivity contribution in [1.82, 2.24) is 0 Å². The molecule has 9 heteroatoms. The van der Waals surface area contributed by atoms with Crippen LogP contribution in [0.5, 0.6) is 0 Å². The smallest absolute Gasteiger partial charge is 1.00 e. The van der Waals surface area contributed by atoms with E-state index in [0.717, 1.165) is 3.82 Å². The van der Waals surface area contributed by atoms with E-state index in [1.54, 1.807) is 20.7 Å². The number of hydrogen-bond acceptors (Lipinski definition) is 3. The Bertz CT molecular complexity index is 430. The molecule has 0 saturated heterocycles. The average molecular weight is 232 g/mol. The average Bonchev–Trinajstić information content (AvgIpc) is 2.34. The van der Waals surface area contributed by atoms with Gasteiger partial charge in [-0.25, -0.2) is 0 Å². The molecule has 0 saturated carbocycles. The first-order chi connectivity index (χ1) is 4.88. The van der Waals surface area contributed by atoms with E-state index in [1.807, 2.05) is 12.1 Å². The summed E-state index contributed by atoms with van der Waals surface area (Å²) in [5.74, 6) is 0.